The maximum Gasteiger partial charge on any atom is 0.0628 e. The average Bonchev–Trinajstić information content (AvgIpc) is 2.55. The van der Waals surface area contributed by atoms with Gasteiger partial charge in [-0.1, -0.05) is 20.3 Å². The van der Waals surface area contributed by atoms with E-state index in [4.69, 9.17) is 4.74 Å². The van der Waals surface area contributed by atoms with Crippen molar-refractivity contribution in [1.82, 2.24) is 10.2 Å². The number of likely N-dealkylation sites (N-methyl/N-ethyl adjacent to an activating group) is 1. The Hall–Kier alpha value is -0.120. The molecule has 0 radical (unpaired) electrons. The predicted octanol–water partition coefficient (Wildman–Crippen LogP) is 2.12. The molecule has 2 unspecified atom stereocenters. The number of ether oxygens (including phenoxy) is 1. The number of nitrogens with zero attached hydrogens (tertiary/aromatic N) is 1. The third kappa shape index (κ3) is 5.84. The maximum absolute atomic E-state index is 5.28. The fourth-order valence-electron chi connectivity index (χ4n) is 2.79. The zero-order valence-corrected chi connectivity index (χ0v) is 11.9. The van der Waals surface area contributed by atoms with Crippen LogP contribution in [0.4, 0.5) is 0 Å². The van der Waals surface area contributed by atoms with Gasteiger partial charge in [-0.2, -0.15) is 0 Å². The van der Waals surface area contributed by atoms with Gasteiger partial charge < -0.3 is 15.0 Å². The molecule has 1 fully saturated rings. The lowest BCUT2D eigenvalue weighted by molar-refractivity contribution is 0.139. The lowest BCUT2D eigenvalue weighted by atomic mass is 9.98. The van der Waals surface area contributed by atoms with Gasteiger partial charge in [0.2, 0.25) is 0 Å². The molecule has 1 aliphatic rings. The van der Waals surface area contributed by atoms with Crippen LogP contribution in [0.1, 0.15) is 39.5 Å². The lowest BCUT2D eigenvalue weighted by Gasteiger charge is -2.26. The molecule has 0 aromatic carbocycles. The highest BCUT2D eigenvalue weighted by molar-refractivity contribution is 4.75. The van der Waals surface area contributed by atoms with E-state index in [0.29, 0.717) is 6.04 Å². The molecule has 1 rings (SSSR count). The van der Waals surface area contributed by atoms with Crippen molar-refractivity contribution >= 4 is 0 Å². The van der Waals surface area contributed by atoms with Crippen LogP contribution in [0.3, 0.4) is 0 Å². The molecule has 1 aliphatic heterocycles. The molecular weight excluding hydrogens is 212 g/mol. The average molecular weight is 242 g/mol. The summed E-state index contributed by atoms with van der Waals surface area (Å²) in [5.74, 6) is 0.958. The second-order valence-electron chi connectivity index (χ2n) is 5.22. The fourth-order valence-corrected chi connectivity index (χ4v) is 2.79. The summed E-state index contributed by atoms with van der Waals surface area (Å²) in [5, 5.41) is 3.51. The topological polar surface area (TPSA) is 24.5 Å². The highest BCUT2D eigenvalue weighted by atomic mass is 16.5. The summed E-state index contributed by atoms with van der Waals surface area (Å²) in [4.78, 5) is 2.61. The summed E-state index contributed by atoms with van der Waals surface area (Å²) in [6.45, 7) is 10.0. The normalized spacial score (nSPS) is 24.5. The molecule has 0 aromatic rings. The van der Waals surface area contributed by atoms with Crippen LogP contribution in [-0.2, 0) is 4.74 Å². The van der Waals surface area contributed by atoms with Gasteiger partial charge in [-0.05, 0) is 44.8 Å². The number of hydrogen-bond donors (Lipinski definition) is 1. The van der Waals surface area contributed by atoms with E-state index in [-0.39, 0.29) is 0 Å². The SMILES string of the molecule is CCNC(COC)CN1CCCC(CC)CC1. The molecule has 102 valence electrons. The van der Waals surface area contributed by atoms with Gasteiger partial charge in [-0.15, -0.1) is 0 Å². The van der Waals surface area contributed by atoms with Gasteiger partial charge >= 0.3 is 0 Å². The number of rotatable bonds is 7. The molecule has 1 saturated heterocycles. The number of nitrogens with one attached hydrogen (secondary N) is 1. The number of likely N-dealkylation sites (tertiary alicyclic amines) is 1. The zero-order valence-electron chi connectivity index (χ0n) is 11.9. The monoisotopic (exact) mass is 242 g/mol. The molecule has 0 aliphatic carbocycles. The zero-order chi connectivity index (χ0) is 12.5. The fraction of sp³-hybridized carbons (Fsp3) is 1.00. The summed E-state index contributed by atoms with van der Waals surface area (Å²) < 4.78 is 5.28. The van der Waals surface area contributed by atoms with Crippen LogP contribution >= 0.6 is 0 Å². The Morgan fingerprint density at radius 3 is 2.76 bits per heavy atom. The molecule has 0 spiro atoms. The quantitative estimate of drug-likeness (QED) is 0.740. The Morgan fingerprint density at radius 1 is 1.29 bits per heavy atom. The van der Waals surface area contributed by atoms with Crippen molar-refractivity contribution in [3.63, 3.8) is 0 Å². The first kappa shape index (κ1) is 14.9. The van der Waals surface area contributed by atoms with Crippen LogP contribution in [0.25, 0.3) is 0 Å². The molecule has 1 N–H and O–H groups in total. The largest absolute Gasteiger partial charge is 0.383 e. The molecule has 0 aromatic heterocycles. The molecule has 3 nitrogen and oxygen atoms in total. The summed E-state index contributed by atoms with van der Waals surface area (Å²) in [7, 11) is 1.79. The Balaban J connectivity index is 2.32. The summed E-state index contributed by atoms with van der Waals surface area (Å²) in [5.41, 5.74) is 0. The van der Waals surface area contributed by atoms with Crippen LogP contribution in [0.15, 0.2) is 0 Å². The molecule has 0 amide bonds. The Labute approximate surface area is 107 Å². The van der Waals surface area contributed by atoms with Gasteiger partial charge in [0.05, 0.1) is 6.61 Å². The van der Waals surface area contributed by atoms with Crippen molar-refractivity contribution in [3.05, 3.63) is 0 Å². The summed E-state index contributed by atoms with van der Waals surface area (Å²) in [6, 6.07) is 0.489. The van der Waals surface area contributed by atoms with E-state index in [2.05, 4.69) is 24.1 Å². The van der Waals surface area contributed by atoms with Crippen molar-refractivity contribution in [2.75, 3.05) is 39.9 Å². The molecule has 0 saturated carbocycles. The minimum Gasteiger partial charge on any atom is -0.383 e. The lowest BCUT2D eigenvalue weighted by Crippen LogP contribution is -2.44. The first-order valence-electron chi connectivity index (χ1n) is 7.24. The van der Waals surface area contributed by atoms with Gasteiger partial charge in [0, 0.05) is 19.7 Å². The first-order chi connectivity index (χ1) is 8.30. The maximum atomic E-state index is 5.28. The van der Waals surface area contributed by atoms with Crippen LogP contribution in [-0.4, -0.2) is 50.8 Å². The summed E-state index contributed by atoms with van der Waals surface area (Å²) >= 11 is 0. The van der Waals surface area contributed by atoms with Crippen LogP contribution in [0, 0.1) is 5.92 Å². The van der Waals surface area contributed by atoms with Crippen molar-refractivity contribution in [2.45, 2.75) is 45.6 Å². The minimum atomic E-state index is 0.489. The van der Waals surface area contributed by atoms with Crippen molar-refractivity contribution in [1.29, 1.82) is 0 Å². The molecular formula is C14H30N2O. The first-order valence-corrected chi connectivity index (χ1v) is 7.24. The standard InChI is InChI=1S/C14H30N2O/c1-4-13-7-6-9-16(10-8-13)11-14(12-17-3)15-5-2/h13-15H,4-12H2,1-3H3. The molecule has 17 heavy (non-hydrogen) atoms. The Kier molecular flexibility index (Phi) is 7.82. The van der Waals surface area contributed by atoms with Gasteiger partial charge in [-0.25, -0.2) is 0 Å². The van der Waals surface area contributed by atoms with Gasteiger partial charge in [0.1, 0.15) is 0 Å². The van der Waals surface area contributed by atoms with E-state index in [1.54, 1.807) is 7.11 Å². The second kappa shape index (κ2) is 8.90. The van der Waals surface area contributed by atoms with E-state index in [1.165, 1.54) is 38.8 Å². The van der Waals surface area contributed by atoms with E-state index < -0.39 is 0 Å². The van der Waals surface area contributed by atoms with Gasteiger partial charge in [0.15, 0.2) is 0 Å². The highest BCUT2D eigenvalue weighted by Crippen LogP contribution is 2.20. The minimum absolute atomic E-state index is 0.489. The van der Waals surface area contributed by atoms with Crippen molar-refractivity contribution < 1.29 is 4.74 Å². The van der Waals surface area contributed by atoms with Crippen LogP contribution < -0.4 is 5.32 Å². The predicted molar refractivity (Wildman–Crippen MR) is 73.4 cm³/mol. The second-order valence-corrected chi connectivity index (χ2v) is 5.22. The van der Waals surface area contributed by atoms with E-state index in [0.717, 1.165) is 25.6 Å². The Morgan fingerprint density at radius 2 is 2.12 bits per heavy atom. The number of hydrogen-bond acceptors (Lipinski definition) is 3. The van der Waals surface area contributed by atoms with Crippen LogP contribution in [0.5, 0.6) is 0 Å². The Bertz CT molecular complexity index is 181. The smallest absolute Gasteiger partial charge is 0.0628 e. The van der Waals surface area contributed by atoms with Gasteiger partial charge in [-0.3, -0.25) is 0 Å². The van der Waals surface area contributed by atoms with E-state index in [9.17, 15) is 0 Å². The molecule has 3 heteroatoms. The van der Waals surface area contributed by atoms with Crippen molar-refractivity contribution in [2.24, 2.45) is 5.92 Å². The third-order valence-electron chi connectivity index (χ3n) is 3.86. The summed E-state index contributed by atoms with van der Waals surface area (Å²) in [6.07, 6.45) is 5.51. The van der Waals surface area contributed by atoms with Crippen LogP contribution in [0.2, 0.25) is 0 Å². The molecule has 0 bridgehead atoms. The molecule has 1 heterocycles. The highest BCUT2D eigenvalue weighted by Gasteiger charge is 2.18. The van der Waals surface area contributed by atoms with Gasteiger partial charge in [0.25, 0.3) is 0 Å². The van der Waals surface area contributed by atoms with Crippen molar-refractivity contribution in [3.8, 4) is 0 Å². The third-order valence-corrected chi connectivity index (χ3v) is 3.86. The van der Waals surface area contributed by atoms with E-state index in [1.807, 2.05) is 0 Å². The molecule has 2 atom stereocenters. The van der Waals surface area contributed by atoms with E-state index >= 15 is 0 Å². The number of methoxy groups -OCH3 is 1.